The minimum atomic E-state index is -1.52. The van der Waals surface area contributed by atoms with Crippen molar-refractivity contribution in [2.45, 2.75) is 81.1 Å². The van der Waals surface area contributed by atoms with E-state index in [0.29, 0.717) is 12.8 Å². The largest absolute Gasteiger partial charge is 0.394 e. The maximum atomic E-state index is 10.7. The van der Waals surface area contributed by atoms with Gasteiger partial charge in [0.15, 0.2) is 6.29 Å². The van der Waals surface area contributed by atoms with Crippen molar-refractivity contribution in [3.05, 3.63) is 12.2 Å². The SMILES string of the molecule is CC1(O)CCC2C1C=CC(O)CC2(C)OC1OC(CO)C(O)C(O)C1O. The van der Waals surface area contributed by atoms with Gasteiger partial charge in [-0.1, -0.05) is 12.2 Å². The van der Waals surface area contributed by atoms with Gasteiger partial charge in [-0.15, -0.1) is 0 Å². The summed E-state index contributed by atoms with van der Waals surface area (Å²) in [5.74, 6) is -0.354. The molecule has 0 aromatic heterocycles. The van der Waals surface area contributed by atoms with Crippen molar-refractivity contribution in [1.82, 2.24) is 0 Å². The van der Waals surface area contributed by atoms with E-state index in [0.717, 1.165) is 0 Å². The zero-order valence-electron chi connectivity index (χ0n) is 15.1. The van der Waals surface area contributed by atoms with E-state index < -0.39 is 54.6 Å². The Labute approximate surface area is 152 Å². The molecule has 0 aromatic rings. The molecule has 0 aromatic carbocycles. The molecule has 10 atom stereocenters. The molecule has 2 aliphatic carbocycles. The van der Waals surface area contributed by atoms with Crippen molar-refractivity contribution in [1.29, 1.82) is 0 Å². The molecule has 150 valence electrons. The van der Waals surface area contributed by atoms with E-state index in [4.69, 9.17) is 9.47 Å². The molecule has 1 heterocycles. The molecule has 0 spiro atoms. The highest BCUT2D eigenvalue weighted by Gasteiger charge is 2.55. The molecule has 2 fully saturated rings. The Morgan fingerprint density at radius 2 is 1.77 bits per heavy atom. The summed E-state index contributed by atoms with van der Waals surface area (Å²) in [7, 11) is 0. The first-order valence-corrected chi connectivity index (χ1v) is 9.16. The Morgan fingerprint density at radius 3 is 2.42 bits per heavy atom. The Bertz CT molecular complexity index is 535. The first-order valence-electron chi connectivity index (χ1n) is 9.16. The van der Waals surface area contributed by atoms with Crippen LogP contribution in [0.15, 0.2) is 12.2 Å². The average molecular weight is 374 g/mol. The lowest BCUT2D eigenvalue weighted by molar-refractivity contribution is -0.333. The van der Waals surface area contributed by atoms with Crippen LogP contribution in [0.5, 0.6) is 0 Å². The van der Waals surface area contributed by atoms with Crippen LogP contribution in [0, 0.1) is 11.8 Å². The van der Waals surface area contributed by atoms with Crippen molar-refractivity contribution in [3.63, 3.8) is 0 Å². The monoisotopic (exact) mass is 374 g/mol. The normalized spacial score (nSPS) is 54.8. The second kappa shape index (κ2) is 7.10. The van der Waals surface area contributed by atoms with Crippen LogP contribution in [0.4, 0.5) is 0 Å². The molecule has 0 bridgehead atoms. The van der Waals surface area contributed by atoms with Crippen molar-refractivity contribution in [2.75, 3.05) is 6.61 Å². The van der Waals surface area contributed by atoms with E-state index in [-0.39, 0.29) is 18.3 Å². The third kappa shape index (κ3) is 3.45. The molecule has 0 radical (unpaired) electrons. The summed E-state index contributed by atoms with van der Waals surface area (Å²) in [6.07, 6.45) is -2.64. The predicted octanol–water partition coefficient (Wildman–Crippen LogP) is -1.34. The fourth-order valence-corrected chi connectivity index (χ4v) is 4.70. The summed E-state index contributed by atoms with van der Waals surface area (Å²) in [6.45, 7) is 3.02. The van der Waals surface area contributed by atoms with Gasteiger partial charge in [-0.05, 0) is 32.6 Å². The minimum absolute atomic E-state index is 0.127. The van der Waals surface area contributed by atoms with Gasteiger partial charge in [-0.3, -0.25) is 0 Å². The third-order valence-corrected chi connectivity index (χ3v) is 6.29. The first kappa shape index (κ1) is 20.2. The Balaban J connectivity index is 1.84. The number of fused-ring (bicyclic) bond motifs is 1. The maximum absolute atomic E-state index is 10.7. The van der Waals surface area contributed by atoms with E-state index in [1.165, 1.54) is 0 Å². The highest BCUT2D eigenvalue weighted by Crippen LogP contribution is 2.51. The van der Waals surface area contributed by atoms with E-state index in [9.17, 15) is 30.6 Å². The van der Waals surface area contributed by atoms with Crippen molar-refractivity contribution >= 4 is 0 Å². The summed E-state index contributed by atoms with van der Waals surface area (Å²) < 4.78 is 11.6. The van der Waals surface area contributed by atoms with Crippen LogP contribution in [-0.2, 0) is 9.47 Å². The first-order chi connectivity index (χ1) is 12.1. The van der Waals surface area contributed by atoms with Crippen LogP contribution in [0.2, 0.25) is 0 Å². The molecular weight excluding hydrogens is 344 g/mol. The van der Waals surface area contributed by atoms with E-state index in [1.807, 2.05) is 6.08 Å². The van der Waals surface area contributed by atoms with Gasteiger partial charge < -0.3 is 40.1 Å². The molecule has 0 amide bonds. The molecule has 6 N–H and O–H groups in total. The molecule has 26 heavy (non-hydrogen) atoms. The van der Waals surface area contributed by atoms with E-state index in [2.05, 4.69) is 0 Å². The zero-order chi connectivity index (χ0) is 19.3. The number of hydrogen-bond donors (Lipinski definition) is 6. The zero-order valence-corrected chi connectivity index (χ0v) is 15.1. The highest BCUT2D eigenvalue weighted by atomic mass is 16.7. The molecular formula is C18H30O8. The number of aliphatic hydroxyl groups is 6. The highest BCUT2D eigenvalue weighted by molar-refractivity contribution is 5.14. The fourth-order valence-electron chi connectivity index (χ4n) is 4.70. The second-order valence-corrected chi connectivity index (χ2v) is 8.31. The van der Waals surface area contributed by atoms with Crippen LogP contribution < -0.4 is 0 Å². The van der Waals surface area contributed by atoms with Crippen molar-refractivity contribution in [2.24, 2.45) is 11.8 Å². The Morgan fingerprint density at radius 1 is 1.08 bits per heavy atom. The Hall–Kier alpha value is -0.580. The third-order valence-electron chi connectivity index (χ3n) is 6.29. The van der Waals surface area contributed by atoms with Crippen LogP contribution in [0.1, 0.15) is 33.1 Å². The molecule has 8 heteroatoms. The van der Waals surface area contributed by atoms with Crippen molar-refractivity contribution in [3.8, 4) is 0 Å². The molecule has 3 aliphatic rings. The molecule has 1 aliphatic heterocycles. The van der Waals surface area contributed by atoms with E-state index in [1.54, 1.807) is 19.9 Å². The summed E-state index contributed by atoms with van der Waals surface area (Å²) >= 11 is 0. The van der Waals surface area contributed by atoms with Crippen LogP contribution >= 0.6 is 0 Å². The fraction of sp³-hybridized carbons (Fsp3) is 0.889. The number of rotatable bonds is 3. The molecule has 10 unspecified atom stereocenters. The van der Waals surface area contributed by atoms with Gasteiger partial charge >= 0.3 is 0 Å². The molecule has 1 saturated heterocycles. The smallest absolute Gasteiger partial charge is 0.187 e. The standard InChI is InChI=1S/C18H30O8/c1-17(24)6-5-11-10(17)4-3-9(20)7-18(11,2)26-16-15(23)14(22)13(21)12(8-19)25-16/h3-4,9-16,19-24H,5-8H2,1-2H3. The summed E-state index contributed by atoms with van der Waals surface area (Å²) in [4.78, 5) is 0. The topological polar surface area (TPSA) is 140 Å². The predicted molar refractivity (Wildman–Crippen MR) is 89.9 cm³/mol. The lowest BCUT2D eigenvalue weighted by Crippen LogP contribution is -2.61. The van der Waals surface area contributed by atoms with Crippen molar-refractivity contribution < 1.29 is 40.1 Å². The number of ether oxygens (including phenoxy) is 2. The van der Waals surface area contributed by atoms with Crippen LogP contribution in [0.3, 0.4) is 0 Å². The molecule has 8 nitrogen and oxygen atoms in total. The van der Waals surface area contributed by atoms with Gasteiger partial charge in [-0.2, -0.15) is 0 Å². The van der Waals surface area contributed by atoms with Gasteiger partial charge in [0.25, 0.3) is 0 Å². The second-order valence-electron chi connectivity index (χ2n) is 8.31. The lowest BCUT2D eigenvalue weighted by Gasteiger charge is -2.46. The number of aliphatic hydroxyl groups excluding tert-OH is 5. The van der Waals surface area contributed by atoms with Crippen LogP contribution in [0.25, 0.3) is 0 Å². The van der Waals surface area contributed by atoms with Crippen LogP contribution in [-0.4, -0.2) is 85.3 Å². The quantitative estimate of drug-likeness (QED) is 0.334. The summed E-state index contributed by atoms with van der Waals surface area (Å²) in [6, 6.07) is 0. The summed E-state index contributed by atoms with van der Waals surface area (Å²) in [5, 5.41) is 60.5. The van der Waals surface area contributed by atoms with Gasteiger partial charge in [0.05, 0.1) is 23.9 Å². The minimum Gasteiger partial charge on any atom is -0.394 e. The lowest BCUT2D eigenvalue weighted by atomic mass is 9.77. The summed E-state index contributed by atoms with van der Waals surface area (Å²) in [5.41, 5.74) is -1.87. The van der Waals surface area contributed by atoms with Gasteiger partial charge in [0.1, 0.15) is 24.4 Å². The number of hydrogen-bond acceptors (Lipinski definition) is 8. The van der Waals surface area contributed by atoms with Gasteiger partial charge in [0, 0.05) is 12.3 Å². The maximum Gasteiger partial charge on any atom is 0.187 e. The van der Waals surface area contributed by atoms with E-state index >= 15 is 0 Å². The average Bonchev–Trinajstić information content (AvgIpc) is 2.81. The molecule has 3 rings (SSSR count). The Kier molecular flexibility index (Phi) is 5.51. The van der Waals surface area contributed by atoms with Gasteiger partial charge in [0.2, 0.25) is 0 Å². The molecule has 1 saturated carbocycles. The van der Waals surface area contributed by atoms with Gasteiger partial charge in [-0.25, -0.2) is 0 Å².